The number of nitrogens with one attached hydrogen (secondary N) is 1. The topological polar surface area (TPSA) is 65.4 Å². The summed E-state index contributed by atoms with van der Waals surface area (Å²) in [6.45, 7) is 3.82. The molecule has 0 spiro atoms. The number of halogens is 1. The first-order valence-corrected chi connectivity index (χ1v) is 9.84. The van der Waals surface area contributed by atoms with Crippen LogP contribution in [-0.4, -0.2) is 28.7 Å². The maximum Gasteiger partial charge on any atom is 0.274 e. The smallest absolute Gasteiger partial charge is 0.274 e. The summed E-state index contributed by atoms with van der Waals surface area (Å²) in [4.78, 5) is 17.0. The number of benzene rings is 1. The van der Waals surface area contributed by atoms with Gasteiger partial charge in [-0.15, -0.1) is 11.3 Å². The number of aryl methyl sites for hydroxylation is 1. The van der Waals surface area contributed by atoms with Gasteiger partial charge in [-0.3, -0.25) is 10.1 Å². The van der Waals surface area contributed by atoms with Crippen molar-refractivity contribution in [2.24, 2.45) is 0 Å². The van der Waals surface area contributed by atoms with Gasteiger partial charge < -0.3 is 14.0 Å². The molecule has 6 nitrogen and oxygen atoms in total. The molecule has 1 amide bonds. The molecule has 8 heteroatoms. The van der Waals surface area contributed by atoms with Crippen molar-refractivity contribution in [2.45, 2.75) is 13.5 Å². The number of hydrogen-bond donors (Lipinski definition) is 1. The van der Waals surface area contributed by atoms with E-state index in [4.69, 9.17) is 9.47 Å². The van der Waals surface area contributed by atoms with Crippen molar-refractivity contribution in [1.29, 1.82) is 0 Å². The maximum absolute atomic E-state index is 12.5. The van der Waals surface area contributed by atoms with Gasteiger partial charge in [0.2, 0.25) is 0 Å². The quantitative estimate of drug-likeness (QED) is 0.661. The minimum atomic E-state index is -0.180. The summed E-state index contributed by atoms with van der Waals surface area (Å²) in [5.74, 6) is 1.29. The van der Waals surface area contributed by atoms with Crippen molar-refractivity contribution in [3.05, 3.63) is 46.0 Å². The van der Waals surface area contributed by atoms with Gasteiger partial charge in [0.15, 0.2) is 16.6 Å². The molecule has 1 aliphatic rings. The molecule has 1 aliphatic heterocycles. The first-order valence-electron chi connectivity index (χ1n) is 8.16. The van der Waals surface area contributed by atoms with Crippen LogP contribution in [0.25, 0.3) is 11.3 Å². The van der Waals surface area contributed by atoms with E-state index in [2.05, 4.69) is 26.2 Å². The number of carbonyl (C=O) groups excluding carboxylic acids is 1. The Bertz CT molecular complexity index is 966. The van der Waals surface area contributed by atoms with Gasteiger partial charge in [-0.05, 0) is 47.1 Å². The molecule has 26 heavy (non-hydrogen) atoms. The van der Waals surface area contributed by atoms with Crippen LogP contribution in [0.2, 0.25) is 0 Å². The molecule has 0 atom stereocenters. The summed E-state index contributed by atoms with van der Waals surface area (Å²) in [7, 11) is 0. The zero-order valence-corrected chi connectivity index (χ0v) is 16.4. The van der Waals surface area contributed by atoms with E-state index in [0.29, 0.717) is 30.6 Å². The van der Waals surface area contributed by atoms with Gasteiger partial charge in [0.25, 0.3) is 5.91 Å². The molecule has 0 saturated carbocycles. The van der Waals surface area contributed by atoms with Gasteiger partial charge >= 0.3 is 0 Å². The lowest BCUT2D eigenvalue weighted by Crippen LogP contribution is -2.16. The molecule has 134 valence electrons. The second-order valence-electron chi connectivity index (χ2n) is 5.68. The second kappa shape index (κ2) is 7.13. The first kappa shape index (κ1) is 17.1. The van der Waals surface area contributed by atoms with E-state index in [1.54, 1.807) is 6.07 Å². The van der Waals surface area contributed by atoms with Crippen LogP contribution in [-0.2, 0) is 6.54 Å². The van der Waals surface area contributed by atoms with Crippen molar-refractivity contribution in [3.8, 4) is 22.8 Å². The predicted molar refractivity (Wildman–Crippen MR) is 104 cm³/mol. The number of hydrogen-bond acceptors (Lipinski definition) is 5. The molecule has 0 unspecified atom stereocenters. The lowest BCUT2D eigenvalue weighted by atomic mass is 10.1. The van der Waals surface area contributed by atoms with E-state index in [1.807, 2.05) is 41.3 Å². The van der Waals surface area contributed by atoms with Crippen molar-refractivity contribution in [2.75, 3.05) is 18.5 Å². The monoisotopic (exact) mass is 433 g/mol. The molecule has 0 radical (unpaired) electrons. The fourth-order valence-electron chi connectivity index (χ4n) is 2.75. The van der Waals surface area contributed by atoms with E-state index in [1.165, 1.54) is 11.3 Å². The molecule has 4 rings (SSSR count). The van der Waals surface area contributed by atoms with Crippen LogP contribution >= 0.6 is 27.3 Å². The Balaban J connectivity index is 1.54. The highest BCUT2D eigenvalue weighted by Crippen LogP contribution is 2.35. The second-order valence-corrected chi connectivity index (χ2v) is 7.45. The zero-order valence-electron chi connectivity index (χ0n) is 14.0. The average Bonchev–Trinajstić information content (AvgIpc) is 3.27. The third-order valence-corrected chi connectivity index (χ3v) is 5.19. The zero-order chi connectivity index (χ0) is 18.1. The number of thiazole rings is 1. The maximum atomic E-state index is 12.5. The van der Waals surface area contributed by atoms with Crippen LogP contribution in [0.5, 0.6) is 11.5 Å². The lowest BCUT2D eigenvalue weighted by molar-refractivity contribution is 0.101. The van der Waals surface area contributed by atoms with Crippen molar-refractivity contribution < 1.29 is 14.3 Å². The van der Waals surface area contributed by atoms with Crippen molar-refractivity contribution >= 4 is 38.3 Å². The average molecular weight is 434 g/mol. The number of anilines is 1. The number of aromatic nitrogens is 2. The fourth-order valence-corrected chi connectivity index (χ4v) is 3.93. The van der Waals surface area contributed by atoms with Gasteiger partial charge in [-0.2, -0.15) is 0 Å². The van der Waals surface area contributed by atoms with Gasteiger partial charge in [-0.25, -0.2) is 4.98 Å². The highest BCUT2D eigenvalue weighted by Gasteiger charge is 2.16. The molecule has 3 aromatic rings. The number of carbonyl (C=O) groups is 1. The van der Waals surface area contributed by atoms with Crippen LogP contribution in [0, 0.1) is 0 Å². The van der Waals surface area contributed by atoms with E-state index in [-0.39, 0.29) is 5.91 Å². The van der Waals surface area contributed by atoms with E-state index in [9.17, 15) is 4.79 Å². The van der Waals surface area contributed by atoms with Gasteiger partial charge in [-0.1, -0.05) is 0 Å². The molecule has 1 aromatic carbocycles. The number of amides is 1. The number of rotatable bonds is 4. The molecule has 0 aliphatic carbocycles. The first-order chi connectivity index (χ1) is 12.6. The molecular weight excluding hydrogens is 418 g/mol. The number of ether oxygens (including phenoxy) is 2. The predicted octanol–water partition coefficient (Wildman–Crippen LogP) is 4.42. The van der Waals surface area contributed by atoms with Crippen LogP contribution in [0.3, 0.4) is 0 Å². The largest absolute Gasteiger partial charge is 0.486 e. The van der Waals surface area contributed by atoms with E-state index in [0.717, 1.165) is 27.2 Å². The Labute approximate surface area is 162 Å². The molecule has 2 aromatic heterocycles. The highest BCUT2D eigenvalue weighted by molar-refractivity contribution is 9.10. The molecule has 3 heterocycles. The normalized spacial score (nSPS) is 12.8. The molecule has 0 saturated heterocycles. The third kappa shape index (κ3) is 3.34. The summed E-state index contributed by atoms with van der Waals surface area (Å²) in [5.41, 5.74) is 2.30. The number of nitrogens with zero attached hydrogens (tertiary/aromatic N) is 2. The summed E-state index contributed by atoms with van der Waals surface area (Å²) in [6.07, 6.45) is 1.89. The van der Waals surface area contributed by atoms with Gasteiger partial charge in [0.05, 0.1) is 5.69 Å². The van der Waals surface area contributed by atoms with Gasteiger partial charge in [0.1, 0.15) is 18.9 Å². The Morgan fingerprint density at radius 3 is 2.92 bits per heavy atom. The van der Waals surface area contributed by atoms with Crippen LogP contribution in [0.1, 0.15) is 17.4 Å². The molecule has 0 bridgehead atoms. The standard InChI is InChI=1S/C18H16BrN3O3S/c1-2-22-9-12(19)8-14(22)17(23)21-18-20-13(10-26-18)11-3-4-15-16(7-11)25-6-5-24-15/h3-4,7-10H,2,5-6H2,1H3,(H,20,21,23). The molecular formula is C18H16BrN3O3S. The van der Waals surface area contributed by atoms with Crippen molar-refractivity contribution in [1.82, 2.24) is 9.55 Å². The summed E-state index contributed by atoms with van der Waals surface area (Å²) in [5, 5.41) is 5.34. The third-order valence-electron chi connectivity index (χ3n) is 4.00. The summed E-state index contributed by atoms with van der Waals surface area (Å²) < 4.78 is 13.9. The SMILES string of the molecule is CCn1cc(Br)cc1C(=O)Nc1nc(-c2ccc3c(c2)OCCO3)cs1. The van der Waals surface area contributed by atoms with Crippen LogP contribution in [0.15, 0.2) is 40.3 Å². The number of fused-ring (bicyclic) bond motifs is 1. The molecule has 1 N–H and O–H groups in total. The summed E-state index contributed by atoms with van der Waals surface area (Å²) >= 11 is 4.80. The Morgan fingerprint density at radius 2 is 2.12 bits per heavy atom. The highest BCUT2D eigenvalue weighted by atomic mass is 79.9. The van der Waals surface area contributed by atoms with E-state index < -0.39 is 0 Å². The Hall–Kier alpha value is -2.32. The Kier molecular flexibility index (Phi) is 4.69. The Morgan fingerprint density at radius 1 is 1.31 bits per heavy atom. The van der Waals surface area contributed by atoms with E-state index >= 15 is 0 Å². The van der Waals surface area contributed by atoms with Crippen LogP contribution in [0.4, 0.5) is 5.13 Å². The van der Waals surface area contributed by atoms with Crippen molar-refractivity contribution in [3.63, 3.8) is 0 Å². The fraction of sp³-hybridized carbons (Fsp3) is 0.222. The molecule has 0 fully saturated rings. The minimum absolute atomic E-state index is 0.180. The van der Waals surface area contributed by atoms with Crippen LogP contribution < -0.4 is 14.8 Å². The minimum Gasteiger partial charge on any atom is -0.486 e. The lowest BCUT2D eigenvalue weighted by Gasteiger charge is -2.18. The summed E-state index contributed by atoms with van der Waals surface area (Å²) in [6, 6.07) is 7.53. The van der Waals surface area contributed by atoms with Gasteiger partial charge in [0, 0.05) is 28.2 Å².